The summed E-state index contributed by atoms with van der Waals surface area (Å²) in [7, 11) is 3.21. The van der Waals surface area contributed by atoms with Gasteiger partial charge >= 0.3 is 0 Å². The third-order valence-electron chi connectivity index (χ3n) is 4.18. The summed E-state index contributed by atoms with van der Waals surface area (Å²) >= 11 is 1.68. The topological polar surface area (TPSA) is 35.5 Å². The number of hydrogen-bond donors (Lipinski definition) is 0. The van der Waals surface area contributed by atoms with E-state index in [-0.39, 0.29) is 10.5 Å². The van der Waals surface area contributed by atoms with E-state index in [2.05, 4.69) is 13.8 Å². The Bertz CT molecular complexity index is 532. The van der Waals surface area contributed by atoms with Crippen LogP contribution in [0.1, 0.15) is 38.1 Å². The molecular formula is C15H20O3S. The molecule has 0 N–H and O–H groups in total. The van der Waals surface area contributed by atoms with Crippen LogP contribution >= 0.6 is 11.8 Å². The van der Waals surface area contributed by atoms with Crippen LogP contribution in [0.5, 0.6) is 11.5 Å². The van der Waals surface area contributed by atoms with Crippen molar-refractivity contribution >= 4 is 17.5 Å². The van der Waals surface area contributed by atoms with Crippen molar-refractivity contribution in [2.24, 2.45) is 5.41 Å². The van der Waals surface area contributed by atoms with Gasteiger partial charge in [-0.2, -0.15) is 0 Å². The van der Waals surface area contributed by atoms with Crippen molar-refractivity contribution in [1.82, 2.24) is 0 Å². The smallest absolute Gasteiger partial charge is 0.174 e. The van der Waals surface area contributed by atoms with E-state index in [1.165, 1.54) is 0 Å². The summed E-state index contributed by atoms with van der Waals surface area (Å²) in [6.45, 7) is 8.17. The molecule has 3 nitrogen and oxygen atoms in total. The second-order valence-electron chi connectivity index (χ2n) is 5.74. The second kappa shape index (κ2) is 4.44. The monoisotopic (exact) mass is 280 g/mol. The molecule has 0 aromatic heterocycles. The number of hydrogen-bond acceptors (Lipinski definition) is 4. The first kappa shape index (κ1) is 14.3. The first-order valence-electron chi connectivity index (χ1n) is 6.25. The first-order chi connectivity index (χ1) is 8.76. The van der Waals surface area contributed by atoms with E-state index in [9.17, 15) is 4.79 Å². The zero-order valence-corrected chi connectivity index (χ0v) is 13.1. The quantitative estimate of drug-likeness (QED) is 0.825. The lowest BCUT2D eigenvalue weighted by Crippen LogP contribution is -2.45. The molecule has 104 valence electrons. The summed E-state index contributed by atoms with van der Waals surface area (Å²) in [5.41, 5.74) is 0.195. The van der Waals surface area contributed by atoms with Crippen molar-refractivity contribution in [3.8, 4) is 11.5 Å². The number of ketones is 1. The van der Waals surface area contributed by atoms with E-state index in [0.717, 1.165) is 10.6 Å². The molecule has 0 bridgehead atoms. The molecule has 0 amide bonds. The van der Waals surface area contributed by atoms with E-state index in [1.807, 2.05) is 19.9 Å². The zero-order chi connectivity index (χ0) is 14.4. The molecule has 0 atom stereocenters. The number of rotatable bonds is 2. The van der Waals surface area contributed by atoms with Gasteiger partial charge < -0.3 is 9.47 Å². The summed E-state index contributed by atoms with van der Waals surface area (Å²) < 4.78 is 10.5. The maximum atomic E-state index is 12.9. The van der Waals surface area contributed by atoms with Crippen LogP contribution < -0.4 is 9.47 Å². The zero-order valence-electron chi connectivity index (χ0n) is 12.3. The Labute approximate surface area is 118 Å². The average molecular weight is 280 g/mol. The fourth-order valence-electron chi connectivity index (χ4n) is 2.16. The van der Waals surface area contributed by atoms with E-state index >= 15 is 0 Å². The van der Waals surface area contributed by atoms with Crippen LogP contribution in [0.15, 0.2) is 17.0 Å². The third-order valence-corrected chi connectivity index (χ3v) is 5.81. The number of thioether (sulfide) groups is 1. The molecule has 1 aliphatic heterocycles. The highest BCUT2D eigenvalue weighted by Crippen LogP contribution is 2.56. The maximum absolute atomic E-state index is 12.9. The standard InChI is InChI=1S/C15H20O3S/c1-14(2)13(16)11-9(17-5)7-8-10(18-6)12(11)19-15(14,3)4/h7-8H,1-6H3. The van der Waals surface area contributed by atoms with Gasteiger partial charge in [0.25, 0.3) is 0 Å². The van der Waals surface area contributed by atoms with Gasteiger partial charge in [-0.25, -0.2) is 0 Å². The van der Waals surface area contributed by atoms with Gasteiger partial charge in [0.1, 0.15) is 11.5 Å². The van der Waals surface area contributed by atoms with Gasteiger partial charge in [-0.05, 0) is 26.0 Å². The Morgan fingerprint density at radius 3 is 2.05 bits per heavy atom. The van der Waals surface area contributed by atoms with Crippen molar-refractivity contribution in [3.05, 3.63) is 17.7 Å². The van der Waals surface area contributed by atoms with Gasteiger partial charge in [0.2, 0.25) is 0 Å². The summed E-state index contributed by atoms with van der Waals surface area (Å²) in [5.74, 6) is 1.47. The van der Waals surface area contributed by atoms with Crippen molar-refractivity contribution in [2.45, 2.75) is 37.3 Å². The molecule has 4 heteroatoms. The van der Waals surface area contributed by atoms with E-state index in [1.54, 1.807) is 32.0 Å². The molecule has 0 fully saturated rings. The van der Waals surface area contributed by atoms with Crippen LogP contribution in [-0.4, -0.2) is 24.7 Å². The Hall–Kier alpha value is -1.16. The molecule has 1 aromatic carbocycles. The summed E-state index contributed by atoms with van der Waals surface area (Å²) in [5, 5.41) is 0. The number of benzene rings is 1. The maximum Gasteiger partial charge on any atom is 0.174 e. The number of ether oxygens (including phenoxy) is 2. The molecule has 1 heterocycles. The van der Waals surface area contributed by atoms with Crippen molar-refractivity contribution < 1.29 is 14.3 Å². The molecule has 1 aromatic rings. The highest BCUT2D eigenvalue weighted by atomic mass is 32.2. The predicted octanol–water partition coefficient (Wildman–Crippen LogP) is 3.80. The molecule has 1 aliphatic rings. The van der Waals surface area contributed by atoms with Gasteiger partial charge in [0.05, 0.1) is 24.7 Å². The SMILES string of the molecule is COc1ccc(OC)c2c1SC(C)(C)C(C)(C)C2=O. The van der Waals surface area contributed by atoms with E-state index < -0.39 is 5.41 Å². The van der Waals surface area contributed by atoms with Crippen molar-refractivity contribution in [2.75, 3.05) is 14.2 Å². The molecule has 0 spiro atoms. The van der Waals surface area contributed by atoms with Crippen LogP contribution in [-0.2, 0) is 0 Å². The minimum atomic E-state index is -0.454. The van der Waals surface area contributed by atoms with Crippen molar-refractivity contribution in [1.29, 1.82) is 0 Å². The number of carbonyl (C=O) groups excluding carboxylic acids is 1. The fourth-order valence-corrected chi connectivity index (χ4v) is 3.57. The Kier molecular flexibility index (Phi) is 3.33. The van der Waals surface area contributed by atoms with Crippen LogP contribution in [0.2, 0.25) is 0 Å². The van der Waals surface area contributed by atoms with Crippen LogP contribution in [0, 0.1) is 5.41 Å². The van der Waals surface area contributed by atoms with Crippen LogP contribution in [0.3, 0.4) is 0 Å². The van der Waals surface area contributed by atoms with Gasteiger partial charge in [-0.1, -0.05) is 13.8 Å². The Balaban J connectivity index is 2.74. The predicted molar refractivity (Wildman–Crippen MR) is 77.6 cm³/mol. The van der Waals surface area contributed by atoms with Gasteiger partial charge in [-0.3, -0.25) is 4.79 Å². The fraction of sp³-hybridized carbons (Fsp3) is 0.533. The van der Waals surface area contributed by atoms with Crippen LogP contribution in [0.4, 0.5) is 0 Å². The van der Waals surface area contributed by atoms with Gasteiger partial charge in [0.15, 0.2) is 5.78 Å². The van der Waals surface area contributed by atoms with Crippen LogP contribution in [0.25, 0.3) is 0 Å². The molecule has 0 saturated heterocycles. The average Bonchev–Trinajstić information content (AvgIpc) is 2.35. The molecular weight excluding hydrogens is 260 g/mol. The van der Waals surface area contributed by atoms with Gasteiger partial charge in [0, 0.05) is 10.2 Å². The molecule has 0 aliphatic carbocycles. The number of fused-ring (bicyclic) bond motifs is 1. The van der Waals surface area contributed by atoms with Crippen molar-refractivity contribution in [3.63, 3.8) is 0 Å². The first-order valence-corrected chi connectivity index (χ1v) is 7.06. The molecule has 0 unspecified atom stereocenters. The highest BCUT2D eigenvalue weighted by molar-refractivity contribution is 8.01. The molecule has 2 rings (SSSR count). The summed E-state index contributed by atoms with van der Waals surface area (Å²) in [6, 6.07) is 3.65. The van der Waals surface area contributed by atoms with E-state index in [4.69, 9.17) is 9.47 Å². The lowest BCUT2D eigenvalue weighted by atomic mass is 9.73. The molecule has 0 saturated carbocycles. The number of carbonyl (C=O) groups is 1. The summed E-state index contributed by atoms with van der Waals surface area (Å²) in [4.78, 5) is 13.7. The minimum absolute atomic E-state index is 0.113. The number of methoxy groups -OCH3 is 2. The summed E-state index contributed by atoms with van der Waals surface area (Å²) in [6.07, 6.45) is 0. The minimum Gasteiger partial charge on any atom is -0.496 e. The normalized spacial score (nSPS) is 19.8. The lowest BCUT2D eigenvalue weighted by molar-refractivity contribution is 0.0782. The Morgan fingerprint density at radius 1 is 1.00 bits per heavy atom. The second-order valence-corrected chi connectivity index (χ2v) is 7.37. The van der Waals surface area contributed by atoms with Gasteiger partial charge in [-0.15, -0.1) is 11.8 Å². The molecule has 19 heavy (non-hydrogen) atoms. The van der Waals surface area contributed by atoms with E-state index in [0.29, 0.717) is 11.3 Å². The molecule has 0 radical (unpaired) electrons. The highest BCUT2D eigenvalue weighted by Gasteiger charge is 2.50. The third kappa shape index (κ3) is 1.93. The lowest BCUT2D eigenvalue weighted by Gasteiger charge is -2.44. The number of Topliss-reactive ketones (excluding diaryl/α,β-unsaturated/α-hetero) is 1. The largest absolute Gasteiger partial charge is 0.496 e. The Morgan fingerprint density at radius 2 is 1.53 bits per heavy atom.